The summed E-state index contributed by atoms with van der Waals surface area (Å²) in [5.74, 6) is -0.365. The fraction of sp³-hybridized carbons (Fsp3) is 0.545. The van der Waals surface area contributed by atoms with Crippen LogP contribution in [0, 0.1) is 0 Å². The number of ether oxygens (including phenoxy) is 1. The SMILES string of the molecule is CCOC1CC(N)C1NC(=O)c1ccc(=O)[nH]n1. The van der Waals surface area contributed by atoms with Gasteiger partial charge < -0.3 is 15.8 Å². The molecule has 0 saturated heterocycles. The Balaban J connectivity index is 1.98. The van der Waals surface area contributed by atoms with Gasteiger partial charge in [0.2, 0.25) is 0 Å². The molecule has 1 aliphatic carbocycles. The number of carbonyl (C=O) groups excluding carboxylic acids is 1. The first-order valence-corrected chi connectivity index (χ1v) is 5.85. The zero-order chi connectivity index (χ0) is 13.1. The van der Waals surface area contributed by atoms with Crippen molar-refractivity contribution in [2.24, 2.45) is 5.73 Å². The molecular weight excluding hydrogens is 236 g/mol. The molecule has 7 heteroatoms. The second-order valence-electron chi connectivity index (χ2n) is 4.20. The lowest BCUT2D eigenvalue weighted by molar-refractivity contribution is -0.0300. The quantitative estimate of drug-likeness (QED) is 0.637. The van der Waals surface area contributed by atoms with Gasteiger partial charge in [-0.15, -0.1) is 0 Å². The summed E-state index contributed by atoms with van der Waals surface area (Å²) in [6.45, 7) is 2.48. The first kappa shape index (κ1) is 12.7. The molecule has 7 nitrogen and oxygen atoms in total. The van der Waals surface area contributed by atoms with Gasteiger partial charge in [-0.1, -0.05) is 0 Å². The van der Waals surface area contributed by atoms with Gasteiger partial charge in [-0.2, -0.15) is 5.10 Å². The maximum Gasteiger partial charge on any atom is 0.272 e. The van der Waals surface area contributed by atoms with Gasteiger partial charge in [-0.25, -0.2) is 5.10 Å². The van der Waals surface area contributed by atoms with Crippen molar-refractivity contribution in [1.82, 2.24) is 15.5 Å². The van der Waals surface area contributed by atoms with Crippen molar-refractivity contribution in [2.75, 3.05) is 6.61 Å². The van der Waals surface area contributed by atoms with E-state index in [0.29, 0.717) is 6.61 Å². The molecule has 1 fully saturated rings. The summed E-state index contributed by atoms with van der Waals surface area (Å²) in [5, 5.41) is 8.63. The predicted molar refractivity (Wildman–Crippen MR) is 64.1 cm³/mol. The predicted octanol–water partition coefficient (Wildman–Crippen LogP) is -0.996. The van der Waals surface area contributed by atoms with E-state index in [9.17, 15) is 9.59 Å². The highest BCUT2D eigenvalue weighted by molar-refractivity contribution is 5.92. The number of aromatic nitrogens is 2. The van der Waals surface area contributed by atoms with Crippen LogP contribution in [0.15, 0.2) is 16.9 Å². The largest absolute Gasteiger partial charge is 0.376 e. The molecule has 2 rings (SSSR count). The van der Waals surface area contributed by atoms with E-state index in [-0.39, 0.29) is 35.3 Å². The lowest BCUT2D eigenvalue weighted by Gasteiger charge is -2.42. The van der Waals surface area contributed by atoms with Crippen LogP contribution in [0.5, 0.6) is 0 Å². The van der Waals surface area contributed by atoms with Crippen LogP contribution in [0.25, 0.3) is 0 Å². The highest BCUT2D eigenvalue weighted by Gasteiger charge is 2.40. The summed E-state index contributed by atoms with van der Waals surface area (Å²) in [6.07, 6.45) is 0.689. The second kappa shape index (κ2) is 5.28. The summed E-state index contributed by atoms with van der Waals surface area (Å²) in [6, 6.07) is 2.32. The summed E-state index contributed by atoms with van der Waals surface area (Å²) in [4.78, 5) is 22.7. The first-order valence-electron chi connectivity index (χ1n) is 5.85. The third-order valence-electron chi connectivity index (χ3n) is 2.96. The van der Waals surface area contributed by atoms with Crippen LogP contribution in [-0.4, -0.2) is 40.9 Å². The van der Waals surface area contributed by atoms with Crippen molar-refractivity contribution in [1.29, 1.82) is 0 Å². The molecule has 98 valence electrons. The minimum atomic E-state index is -0.365. The molecule has 0 aliphatic heterocycles. The van der Waals surface area contributed by atoms with Crippen LogP contribution in [-0.2, 0) is 4.74 Å². The van der Waals surface area contributed by atoms with Crippen molar-refractivity contribution < 1.29 is 9.53 Å². The van der Waals surface area contributed by atoms with E-state index in [0.717, 1.165) is 6.42 Å². The minimum absolute atomic E-state index is 0.0447. The number of rotatable bonds is 4. The lowest BCUT2D eigenvalue weighted by atomic mass is 9.83. The standard InChI is InChI=1S/C11H16N4O3/c1-2-18-8-5-6(12)10(8)13-11(17)7-3-4-9(16)15-14-7/h3-4,6,8,10H,2,5,12H2,1H3,(H,13,17)(H,15,16). The first-order chi connectivity index (χ1) is 8.61. The van der Waals surface area contributed by atoms with Gasteiger partial charge in [0.25, 0.3) is 11.5 Å². The summed E-state index contributed by atoms with van der Waals surface area (Å²) < 4.78 is 5.44. The van der Waals surface area contributed by atoms with Crippen LogP contribution in [0.4, 0.5) is 0 Å². The number of H-pyrrole nitrogens is 1. The molecule has 0 radical (unpaired) electrons. The number of nitrogens with one attached hydrogen (secondary N) is 2. The van der Waals surface area contributed by atoms with Crippen LogP contribution in [0.1, 0.15) is 23.8 Å². The molecule has 1 aromatic heterocycles. The zero-order valence-electron chi connectivity index (χ0n) is 10.1. The van der Waals surface area contributed by atoms with Gasteiger partial charge >= 0.3 is 0 Å². The number of nitrogens with zero attached hydrogens (tertiary/aromatic N) is 1. The van der Waals surface area contributed by atoms with Gasteiger partial charge in [0.05, 0.1) is 12.1 Å². The highest BCUT2D eigenvalue weighted by atomic mass is 16.5. The molecule has 18 heavy (non-hydrogen) atoms. The van der Waals surface area contributed by atoms with Crippen molar-refractivity contribution in [3.63, 3.8) is 0 Å². The Hall–Kier alpha value is -1.73. The molecule has 3 atom stereocenters. The van der Waals surface area contributed by atoms with Gasteiger partial charge in [-0.05, 0) is 19.4 Å². The molecule has 1 aromatic rings. The average Bonchev–Trinajstić information content (AvgIpc) is 2.36. The second-order valence-corrected chi connectivity index (χ2v) is 4.20. The van der Waals surface area contributed by atoms with Crippen molar-refractivity contribution in [2.45, 2.75) is 31.5 Å². The number of hydrogen-bond acceptors (Lipinski definition) is 5. The lowest BCUT2D eigenvalue weighted by Crippen LogP contribution is -2.64. The van der Waals surface area contributed by atoms with E-state index in [4.69, 9.17) is 10.5 Å². The summed E-state index contributed by atoms with van der Waals surface area (Å²) in [7, 11) is 0. The molecule has 1 saturated carbocycles. The van der Waals surface area contributed by atoms with Crippen LogP contribution < -0.4 is 16.6 Å². The zero-order valence-corrected chi connectivity index (χ0v) is 10.1. The van der Waals surface area contributed by atoms with E-state index < -0.39 is 0 Å². The van der Waals surface area contributed by atoms with Crippen molar-refractivity contribution in [3.05, 3.63) is 28.2 Å². The number of hydrogen-bond donors (Lipinski definition) is 3. The molecule has 1 heterocycles. The molecular formula is C11H16N4O3. The molecule has 1 aliphatic rings. The Labute approximate surface area is 104 Å². The topological polar surface area (TPSA) is 110 Å². The summed E-state index contributed by atoms with van der Waals surface area (Å²) in [5.41, 5.74) is 5.63. The Morgan fingerprint density at radius 3 is 3.00 bits per heavy atom. The third-order valence-corrected chi connectivity index (χ3v) is 2.96. The van der Waals surface area contributed by atoms with E-state index in [1.807, 2.05) is 6.92 Å². The fourth-order valence-electron chi connectivity index (χ4n) is 1.92. The number of nitrogens with two attached hydrogens (primary N) is 1. The van der Waals surface area contributed by atoms with E-state index >= 15 is 0 Å². The van der Waals surface area contributed by atoms with Crippen molar-refractivity contribution in [3.8, 4) is 0 Å². The number of amides is 1. The minimum Gasteiger partial charge on any atom is -0.376 e. The van der Waals surface area contributed by atoms with E-state index in [1.165, 1.54) is 12.1 Å². The van der Waals surface area contributed by atoms with Gasteiger partial charge in [0.15, 0.2) is 0 Å². The van der Waals surface area contributed by atoms with E-state index in [1.54, 1.807) is 0 Å². The van der Waals surface area contributed by atoms with Crippen LogP contribution in [0.3, 0.4) is 0 Å². The molecule has 4 N–H and O–H groups in total. The Morgan fingerprint density at radius 2 is 2.44 bits per heavy atom. The molecule has 0 bridgehead atoms. The summed E-state index contributed by atoms with van der Waals surface area (Å²) >= 11 is 0. The molecule has 0 spiro atoms. The van der Waals surface area contributed by atoms with Crippen LogP contribution in [0.2, 0.25) is 0 Å². The normalized spacial score (nSPS) is 26.4. The third kappa shape index (κ3) is 2.57. The smallest absolute Gasteiger partial charge is 0.272 e. The molecule has 1 amide bonds. The maximum atomic E-state index is 11.8. The highest BCUT2D eigenvalue weighted by Crippen LogP contribution is 2.22. The van der Waals surface area contributed by atoms with Gasteiger partial charge in [0, 0.05) is 18.7 Å². The number of aromatic amines is 1. The fourth-order valence-corrected chi connectivity index (χ4v) is 1.92. The Kier molecular flexibility index (Phi) is 3.73. The Bertz CT molecular complexity index is 465. The monoisotopic (exact) mass is 252 g/mol. The van der Waals surface area contributed by atoms with E-state index in [2.05, 4.69) is 15.5 Å². The van der Waals surface area contributed by atoms with Crippen molar-refractivity contribution >= 4 is 5.91 Å². The maximum absolute atomic E-state index is 11.8. The van der Waals surface area contributed by atoms with Gasteiger partial charge in [0.1, 0.15) is 5.69 Å². The number of carbonyl (C=O) groups is 1. The van der Waals surface area contributed by atoms with Gasteiger partial charge in [-0.3, -0.25) is 9.59 Å². The Morgan fingerprint density at radius 1 is 1.67 bits per heavy atom. The molecule has 0 aromatic carbocycles. The average molecular weight is 252 g/mol. The van der Waals surface area contributed by atoms with Crippen LogP contribution >= 0.6 is 0 Å². The molecule has 3 unspecified atom stereocenters.